The smallest absolute Gasteiger partial charge is 0.354 e. The van der Waals surface area contributed by atoms with E-state index in [1.54, 1.807) is 17.2 Å². The summed E-state index contributed by atoms with van der Waals surface area (Å²) in [5, 5.41) is 12.0. The number of nitrogens with two attached hydrogens (primary N) is 2. The predicted molar refractivity (Wildman–Crippen MR) is 151 cm³/mol. The number of urea groups is 1. The number of nitrogens with zero attached hydrogens (tertiary/aromatic N) is 5. The number of aromatic nitrogens is 2. The summed E-state index contributed by atoms with van der Waals surface area (Å²) in [6, 6.07) is 9.33. The van der Waals surface area contributed by atoms with Crippen molar-refractivity contribution in [1.29, 1.82) is 0 Å². The molecule has 4 rings (SSSR count). The lowest BCUT2D eigenvalue weighted by Crippen LogP contribution is -2.60. The number of carbonyl (C=O) groups excluding carboxylic acids is 2. The second-order valence-electron chi connectivity index (χ2n) is 10.3. The molecule has 12 nitrogen and oxygen atoms in total. The third-order valence-corrected chi connectivity index (χ3v) is 7.27. The molecule has 1 atom stereocenters. The summed E-state index contributed by atoms with van der Waals surface area (Å²) >= 11 is 0. The molecule has 0 saturated carbocycles. The van der Waals surface area contributed by atoms with Crippen molar-refractivity contribution in [2.75, 3.05) is 57.7 Å². The van der Waals surface area contributed by atoms with Gasteiger partial charge in [-0.1, -0.05) is 12.1 Å². The number of carbonyl (C=O) groups is 2. The Morgan fingerprint density at radius 1 is 1.05 bits per heavy atom. The van der Waals surface area contributed by atoms with Gasteiger partial charge in [0.05, 0.1) is 12.3 Å². The van der Waals surface area contributed by atoms with Crippen LogP contribution >= 0.6 is 12.4 Å². The fourth-order valence-electron chi connectivity index (χ4n) is 4.69. The van der Waals surface area contributed by atoms with E-state index in [2.05, 4.69) is 15.2 Å². The van der Waals surface area contributed by atoms with E-state index in [1.807, 2.05) is 24.3 Å². The largest absolute Gasteiger partial charge is 0.394 e. The van der Waals surface area contributed by atoms with Gasteiger partial charge in [0.1, 0.15) is 11.4 Å². The first kappa shape index (κ1) is 30.5. The molecule has 2 aromatic rings. The van der Waals surface area contributed by atoms with E-state index in [0.717, 1.165) is 38.9 Å². The zero-order valence-electron chi connectivity index (χ0n) is 22.3. The Kier molecular flexibility index (Phi) is 10.4. The molecule has 0 radical (unpaired) electrons. The first-order valence-corrected chi connectivity index (χ1v) is 13.1. The molecule has 1 aromatic heterocycles. The molecule has 3 heterocycles. The van der Waals surface area contributed by atoms with E-state index in [4.69, 9.17) is 11.5 Å². The lowest BCUT2D eigenvalue weighted by atomic mass is 10.0. The van der Waals surface area contributed by atoms with E-state index in [9.17, 15) is 19.5 Å². The summed E-state index contributed by atoms with van der Waals surface area (Å²) < 4.78 is 1.43. The van der Waals surface area contributed by atoms with Crippen molar-refractivity contribution in [2.45, 2.75) is 37.8 Å². The second kappa shape index (κ2) is 13.4. The normalized spacial score (nSPS) is 18.3. The van der Waals surface area contributed by atoms with Crippen molar-refractivity contribution in [3.8, 4) is 5.69 Å². The number of hydrogen-bond acceptors (Lipinski definition) is 8. The molecule has 2 aliphatic rings. The van der Waals surface area contributed by atoms with E-state index < -0.39 is 23.9 Å². The molecule has 0 spiro atoms. The minimum Gasteiger partial charge on any atom is -0.394 e. The standard InChI is InChI=1S/C26H38N8O4.ClH/c1-26(28,18-35)23(36)32-14-16-33(17-15-32)24(37)29-22-9-13-34(25(38)30-22)21-4-2-19(3-5-21)6-10-31-11-7-20(27)8-12-31;/h2-5,9,13,20,35H,6-8,10-12,14-18,27-28H2,1H3,(H,29,30,37,38);1H. The van der Waals surface area contributed by atoms with Crippen molar-refractivity contribution < 1.29 is 14.7 Å². The molecule has 1 aromatic carbocycles. The molecule has 0 bridgehead atoms. The van der Waals surface area contributed by atoms with Gasteiger partial charge < -0.3 is 31.3 Å². The molecular formula is C26H39ClN8O4. The fourth-order valence-corrected chi connectivity index (χ4v) is 4.69. The Morgan fingerprint density at radius 3 is 2.26 bits per heavy atom. The molecule has 2 saturated heterocycles. The third kappa shape index (κ3) is 7.76. The molecular weight excluding hydrogens is 524 g/mol. The van der Waals surface area contributed by atoms with E-state index >= 15 is 0 Å². The van der Waals surface area contributed by atoms with Crippen molar-refractivity contribution in [3.05, 3.63) is 52.6 Å². The zero-order valence-corrected chi connectivity index (χ0v) is 23.1. The number of hydrogen-bond donors (Lipinski definition) is 4. The highest BCUT2D eigenvalue weighted by molar-refractivity contribution is 5.89. The number of benzene rings is 1. The number of nitrogens with one attached hydrogen (secondary N) is 1. The quantitative estimate of drug-likeness (QED) is 0.366. The second-order valence-corrected chi connectivity index (χ2v) is 10.3. The maximum atomic E-state index is 12.7. The van der Waals surface area contributed by atoms with E-state index in [1.165, 1.54) is 22.0 Å². The Hall–Kier alpha value is -3.03. The number of likely N-dealkylation sites (tertiary alicyclic amines) is 1. The number of piperazine rings is 1. The predicted octanol–water partition coefficient (Wildman–Crippen LogP) is 0.00570. The van der Waals surface area contributed by atoms with Gasteiger partial charge in [-0.05, 0) is 63.0 Å². The molecule has 214 valence electrons. The van der Waals surface area contributed by atoms with Crippen LogP contribution in [0.3, 0.4) is 0 Å². The number of rotatable bonds is 7. The summed E-state index contributed by atoms with van der Waals surface area (Å²) in [5.41, 5.74) is 11.9. The minimum atomic E-state index is -1.35. The van der Waals surface area contributed by atoms with Crippen LogP contribution in [0.15, 0.2) is 41.3 Å². The number of amides is 3. The minimum absolute atomic E-state index is 0. The van der Waals surface area contributed by atoms with Crippen LogP contribution in [0, 0.1) is 0 Å². The average Bonchev–Trinajstić information content (AvgIpc) is 2.93. The van der Waals surface area contributed by atoms with Gasteiger partial charge >= 0.3 is 11.7 Å². The van der Waals surface area contributed by atoms with Crippen molar-refractivity contribution in [1.82, 2.24) is 24.3 Å². The summed E-state index contributed by atoms with van der Waals surface area (Å²) in [4.78, 5) is 47.3. The number of anilines is 1. The molecule has 39 heavy (non-hydrogen) atoms. The molecule has 2 fully saturated rings. The monoisotopic (exact) mass is 562 g/mol. The summed E-state index contributed by atoms with van der Waals surface area (Å²) in [5.74, 6) is -0.201. The topological polar surface area (TPSA) is 163 Å². The van der Waals surface area contributed by atoms with Crippen LogP contribution in [-0.4, -0.2) is 105 Å². The Balaban J connectivity index is 0.00000420. The summed E-state index contributed by atoms with van der Waals surface area (Å²) in [6.45, 7) is 5.29. The lowest BCUT2D eigenvalue weighted by Gasteiger charge is -2.37. The lowest BCUT2D eigenvalue weighted by molar-refractivity contribution is -0.139. The molecule has 2 aliphatic heterocycles. The number of aliphatic hydroxyl groups is 1. The molecule has 13 heteroatoms. The third-order valence-electron chi connectivity index (χ3n) is 7.27. The maximum Gasteiger partial charge on any atom is 0.354 e. The van der Waals surface area contributed by atoms with E-state index in [0.29, 0.717) is 37.9 Å². The van der Waals surface area contributed by atoms with Gasteiger partial charge in [-0.3, -0.25) is 14.7 Å². The number of halogens is 1. The Labute approximate surface area is 234 Å². The van der Waals surface area contributed by atoms with Gasteiger partial charge in [0.15, 0.2) is 0 Å². The van der Waals surface area contributed by atoms with Crippen LogP contribution in [0.4, 0.5) is 10.6 Å². The van der Waals surface area contributed by atoms with Gasteiger partial charge in [-0.25, -0.2) is 9.59 Å². The van der Waals surface area contributed by atoms with Crippen molar-refractivity contribution >= 4 is 30.2 Å². The zero-order chi connectivity index (χ0) is 27.3. The van der Waals surface area contributed by atoms with Crippen LogP contribution in [0.25, 0.3) is 5.69 Å². The first-order chi connectivity index (χ1) is 18.2. The van der Waals surface area contributed by atoms with Crippen LogP contribution in [0.1, 0.15) is 25.3 Å². The highest BCUT2D eigenvalue weighted by Crippen LogP contribution is 2.14. The molecule has 3 amide bonds. The SMILES string of the molecule is CC(N)(CO)C(=O)N1CCN(C(=O)Nc2ccn(-c3ccc(CCN4CCC(N)CC4)cc3)c(=O)n2)CC1.Cl. The molecule has 0 aliphatic carbocycles. The number of piperidine rings is 1. The van der Waals surface area contributed by atoms with Crippen LogP contribution in [-0.2, 0) is 11.2 Å². The Morgan fingerprint density at radius 2 is 1.67 bits per heavy atom. The van der Waals surface area contributed by atoms with Gasteiger partial charge in [0.2, 0.25) is 5.91 Å². The van der Waals surface area contributed by atoms with Gasteiger partial charge in [-0.2, -0.15) is 4.98 Å². The average molecular weight is 563 g/mol. The molecule has 1 unspecified atom stereocenters. The maximum absolute atomic E-state index is 12.7. The highest BCUT2D eigenvalue weighted by Gasteiger charge is 2.34. The number of aliphatic hydroxyl groups excluding tert-OH is 1. The highest BCUT2D eigenvalue weighted by atomic mass is 35.5. The van der Waals surface area contributed by atoms with Gasteiger partial charge in [-0.15, -0.1) is 12.4 Å². The van der Waals surface area contributed by atoms with Gasteiger partial charge in [0, 0.05) is 45.0 Å². The molecule has 6 N–H and O–H groups in total. The Bertz CT molecular complexity index is 1170. The van der Waals surface area contributed by atoms with Crippen LogP contribution in [0.5, 0.6) is 0 Å². The van der Waals surface area contributed by atoms with Crippen LogP contribution < -0.4 is 22.5 Å². The van der Waals surface area contributed by atoms with Crippen LogP contribution in [0.2, 0.25) is 0 Å². The first-order valence-electron chi connectivity index (χ1n) is 13.1. The van der Waals surface area contributed by atoms with Gasteiger partial charge in [0.25, 0.3) is 0 Å². The van der Waals surface area contributed by atoms with Crippen molar-refractivity contribution in [3.63, 3.8) is 0 Å². The van der Waals surface area contributed by atoms with E-state index in [-0.39, 0.29) is 24.1 Å². The van der Waals surface area contributed by atoms with Crippen molar-refractivity contribution in [2.24, 2.45) is 11.5 Å². The summed E-state index contributed by atoms with van der Waals surface area (Å²) in [6.07, 6.45) is 4.61. The fraction of sp³-hybridized carbons (Fsp3) is 0.538. The summed E-state index contributed by atoms with van der Waals surface area (Å²) in [7, 11) is 0.